The summed E-state index contributed by atoms with van der Waals surface area (Å²) in [5, 5.41) is 12.1. The van der Waals surface area contributed by atoms with E-state index in [-0.39, 0.29) is 41.4 Å². The second-order valence-corrected chi connectivity index (χ2v) is 6.94. The quantitative estimate of drug-likeness (QED) is 0.783. The third-order valence-electron chi connectivity index (χ3n) is 4.98. The first-order valence-corrected chi connectivity index (χ1v) is 8.54. The molecule has 1 aliphatic rings. The monoisotopic (exact) mass is 340 g/mol. The van der Waals surface area contributed by atoms with Crippen molar-refractivity contribution in [2.45, 2.75) is 52.0 Å². The van der Waals surface area contributed by atoms with Crippen LogP contribution >= 0.6 is 0 Å². The van der Waals surface area contributed by atoms with Crippen LogP contribution in [0.5, 0.6) is 0 Å². The Balaban J connectivity index is 0.00000288. The molecule has 1 saturated carbocycles. The number of carboxylic acids is 1. The number of hydrogen-bond acceptors (Lipinski definition) is 2. The van der Waals surface area contributed by atoms with Gasteiger partial charge >= 0.3 is 5.97 Å². The van der Waals surface area contributed by atoms with E-state index in [0.29, 0.717) is 18.3 Å². The SMILES string of the molecule is CC(C)C1CCC(C(=O)N[C@H](Cc2ccccc2)C(=O)O)CC1.[Na]. The fraction of sp³-hybridized carbons (Fsp3) is 0.579. The zero-order valence-electron chi connectivity index (χ0n) is 15.0. The Morgan fingerprint density at radius 1 is 1.12 bits per heavy atom. The Hall–Kier alpha value is -0.840. The fourth-order valence-electron chi connectivity index (χ4n) is 3.39. The fourth-order valence-corrected chi connectivity index (χ4v) is 3.39. The second kappa shape index (κ2) is 10.2. The van der Waals surface area contributed by atoms with Crippen LogP contribution in [0.2, 0.25) is 0 Å². The first-order chi connectivity index (χ1) is 11.0. The minimum absolute atomic E-state index is 0. The first-order valence-electron chi connectivity index (χ1n) is 8.54. The van der Waals surface area contributed by atoms with E-state index < -0.39 is 12.0 Å². The van der Waals surface area contributed by atoms with Crippen molar-refractivity contribution in [3.8, 4) is 0 Å². The van der Waals surface area contributed by atoms with Crippen LogP contribution in [0.15, 0.2) is 30.3 Å². The van der Waals surface area contributed by atoms with E-state index in [4.69, 9.17) is 0 Å². The van der Waals surface area contributed by atoms with Crippen LogP contribution in [0, 0.1) is 17.8 Å². The molecule has 0 heterocycles. The van der Waals surface area contributed by atoms with Gasteiger partial charge in [-0.3, -0.25) is 4.79 Å². The molecular formula is C19H27NNaO3. The molecule has 4 nitrogen and oxygen atoms in total. The maximum atomic E-state index is 12.4. The topological polar surface area (TPSA) is 66.4 Å². The van der Waals surface area contributed by atoms with Gasteiger partial charge in [0.1, 0.15) is 6.04 Å². The number of carbonyl (C=O) groups is 2. The Kier molecular flexibility index (Phi) is 9.03. The van der Waals surface area contributed by atoms with Crippen LogP contribution in [0.1, 0.15) is 45.1 Å². The summed E-state index contributed by atoms with van der Waals surface area (Å²) in [5.74, 6) is 0.235. The summed E-state index contributed by atoms with van der Waals surface area (Å²) in [6.45, 7) is 4.46. The molecule has 1 atom stereocenters. The maximum absolute atomic E-state index is 12.4. The van der Waals surface area contributed by atoms with Gasteiger partial charge in [0.2, 0.25) is 5.91 Å². The van der Waals surface area contributed by atoms with Gasteiger partial charge in [0.15, 0.2) is 0 Å². The van der Waals surface area contributed by atoms with Gasteiger partial charge in [-0.1, -0.05) is 44.2 Å². The third-order valence-corrected chi connectivity index (χ3v) is 4.98. The van der Waals surface area contributed by atoms with Crippen LogP contribution < -0.4 is 5.32 Å². The van der Waals surface area contributed by atoms with Gasteiger partial charge in [0, 0.05) is 41.9 Å². The molecule has 2 rings (SSSR count). The molecule has 1 aromatic rings. The first kappa shape index (κ1) is 21.2. The van der Waals surface area contributed by atoms with E-state index in [0.717, 1.165) is 31.2 Å². The van der Waals surface area contributed by atoms with Gasteiger partial charge in [0.25, 0.3) is 0 Å². The van der Waals surface area contributed by atoms with Crippen molar-refractivity contribution in [1.82, 2.24) is 5.32 Å². The number of rotatable bonds is 6. The van der Waals surface area contributed by atoms with E-state index in [1.165, 1.54) is 0 Å². The Labute approximate surface area is 166 Å². The Morgan fingerprint density at radius 3 is 2.21 bits per heavy atom. The van der Waals surface area contributed by atoms with Crippen LogP contribution in [0.25, 0.3) is 0 Å². The van der Waals surface area contributed by atoms with Gasteiger partial charge in [-0.05, 0) is 43.1 Å². The smallest absolute Gasteiger partial charge is 0.326 e. The molecule has 0 aliphatic heterocycles. The summed E-state index contributed by atoms with van der Waals surface area (Å²) >= 11 is 0. The molecule has 2 N–H and O–H groups in total. The van der Waals surface area contributed by atoms with E-state index in [9.17, 15) is 14.7 Å². The molecule has 5 heteroatoms. The average molecular weight is 340 g/mol. The van der Waals surface area contributed by atoms with E-state index in [1.807, 2.05) is 30.3 Å². The molecule has 0 saturated heterocycles. The van der Waals surface area contributed by atoms with Crippen molar-refractivity contribution >= 4 is 41.4 Å². The summed E-state index contributed by atoms with van der Waals surface area (Å²) in [6.07, 6.45) is 4.18. The molecule has 0 spiro atoms. The van der Waals surface area contributed by atoms with Crippen LogP contribution in [-0.2, 0) is 16.0 Å². The summed E-state index contributed by atoms with van der Waals surface area (Å²) in [4.78, 5) is 23.9. The molecule has 0 unspecified atom stereocenters. The number of benzene rings is 1. The molecule has 24 heavy (non-hydrogen) atoms. The molecule has 127 valence electrons. The molecule has 1 aliphatic carbocycles. The minimum atomic E-state index is -0.974. The summed E-state index contributed by atoms with van der Waals surface area (Å²) in [6, 6.07) is 8.57. The summed E-state index contributed by atoms with van der Waals surface area (Å²) < 4.78 is 0. The molecule has 1 radical (unpaired) electrons. The average Bonchev–Trinajstić information content (AvgIpc) is 2.55. The number of aliphatic carboxylic acids is 1. The van der Waals surface area contributed by atoms with Gasteiger partial charge in [-0.25, -0.2) is 4.79 Å². The minimum Gasteiger partial charge on any atom is -0.480 e. The zero-order chi connectivity index (χ0) is 16.8. The normalized spacial score (nSPS) is 21.6. The van der Waals surface area contributed by atoms with Crippen molar-refractivity contribution in [2.75, 3.05) is 0 Å². The van der Waals surface area contributed by atoms with Crippen molar-refractivity contribution in [1.29, 1.82) is 0 Å². The van der Waals surface area contributed by atoms with Crippen molar-refractivity contribution in [3.05, 3.63) is 35.9 Å². The van der Waals surface area contributed by atoms with Gasteiger partial charge < -0.3 is 10.4 Å². The van der Waals surface area contributed by atoms with Crippen LogP contribution in [0.4, 0.5) is 0 Å². The molecule has 1 fully saturated rings. The standard InChI is InChI=1S/C19H27NO3.Na/c1-13(2)15-8-10-16(11-9-15)18(21)20-17(19(22)23)12-14-6-4-3-5-7-14;/h3-7,13,15-17H,8-12H2,1-2H3,(H,20,21)(H,22,23);/t15?,16?,17-;/m1./s1. The Morgan fingerprint density at radius 2 is 1.71 bits per heavy atom. The number of nitrogens with one attached hydrogen (secondary N) is 1. The molecule has 1 amide bonds. The van der Waals surface area contributed by atoms with E-state index >= 15 is 0 Å². The number of hydrogen-bond donors (Lipinski definition) is 2. The number of carboxylic acid groups (broad SMARTS) is 1. The Bertz CT molecular complexity index is 525. The maximum Gasteiger partial charge on any atom is 0.326 e. The predicted molar refractivity (Wildman–Crippen MR) is 95.8 cm³/mol. The van der Waals surface area contributed by atoms with Gasteiger partial charge in [-0.2, -0.15) is 0 Å². The van der Waals surface area contributed by atoms with Crippen molar-refractivity contribution in [3.63, 3.8) is 0 Å². The number of amides is 1. The zero-order valence-corrected chi connectivity index (χ0v) is 17.0. The largest absolute Gasteiger partial charge is 0.480 e. The van der Waals surface area contributed by atoms with E-state index in [1.54, 1.807) is 0 Å². The van der Waals surface area contributed by atoms with Crippen molar-refractivity contribution < 1.29 is 14.7 Å². The second-order valence-electron chi connectivity index (χ2n) is 6.94. The summed E-state index contributed by atoms with van der Waals surface area (Å²) in [7, 11) is 0. The van der Waals surface area contributed by atoms with E-state index in [2.05, 4.69) is 19.2 Å². The third kappa shape index (κ3) is 6.23. The van der Waals surface area contributed by atoms with Gasteiger partial charge in [-0.15, -0.1) is 0 Å². The predicted octanol–water partition coefficient (Wildman–Crippen LogP) is 2.88. The molecule has 1 aromatic carbocycles. The van der Waals surface area contributed by atoms with Crippen molar-refractivity contribution in [2.24, 2.45) is 17.8 Å². The van der Waals surface area contributed by atoms with Gasteiger partial charge in [0.05, 0.1) is 0 Å². The van der Waals surface area contributed by atoms with Crippen LogP contribution in [0.3, 0.4) is 0 Å². The molecular weight excluding hydrogens is 313 g/mol. The van der Waals surface area contributed by atoms with Crippen LogP contribution in [-0.4, -0.2) is 52.6 Å². The summed E-state index contributed by atoms with van der Waals surface area (Å²) in [5.41, 5.74) is 0.920. The number of carbonyl (C=O) groups excluding carboxylic acids is 1. The molecule has 0 aromatic heterocycles. The molecule has 0 bridgehead atoms.